The minimum atomic E-state index is 0.771. The van der Waals surface area contributed by atoms with Gasteiger partial charge in [0.2, 0.25) is 0 Å². The molecule has 1 N–H and O–H groups in total. The zero-order valence-electron chi connectivity index (χ0n) is 9.88. The van der Waals surface area contributed by atoms with Crippen LogP contribution in [0.2, 0.25) is 0 Å². The van der Waals surface area contributed by atoms with E-state index in [1.165, 1.54) is 5.56 Å². The molecule has 0 fully saturated rings. The Labute approximate surface area is 111 Å². The van der Waals surface area contributed by atoms with Gasteiger partial charge in [0.25, 0.3) is 0 Å². The van der Waals surface area contributed by atoms with E-state index in [-0.39, 0.29) is 0 Å². The number of hydrogen-bond acceptors (Lipinski definition) is 1. The fourth-order valence-electron chi connectivity index (χ4n) is 1.41. The fourth-order valence-corrected chi connectivity index (χ4v) is 2.09. The Morgan fingerprint density at radius 1 is 1.50 bits per heavy atom. The van der Waals surface area contributed by atoms with Gasteiger partial charge in [-0.2, -0.15) is 0 Å². The van der Waals surface area contributed by atoms with Crippen molar-refractivity contribution in [3.05, 3.63) is 28.2 Å². The van der Waals surface area contributed by atoms with Gasteiger partial charge >= 0.3 is 0 Å². The van der Waals surface area contributed by atoms with Crippen molar-refractivity contribution in [1.82, 2.24) is 4.90 Å². The van der Waals surface area contributed by atoms with Gasteiger partial charge in [-0.15, -0.1) is 0 Å². The molecule has 0 spiro atoms. The van der Waals surface area contributed by atoms with Crippen LogP contribution in [0.25, 0.3) is 0 Å². The van der Waals surface area contributed by atoms with Crippen LogP contribution in [0.4, 0.5) is 5.69 Å². The topological polar surface area (TPSA) is 15.3 Å². The quantitative estimate of drug-likeness (QED) is 0.855. The van der Waals surface area contributed by atoms with E-state index in [1.807, 2.05) is 19.2 Å². The zero-order chi connectivity index (χ0) is 12.1. The number of aryl methyl sites for hydroxylation is 1. The average molecular weight is 301 g/mol. The summed E-state index contributed by atoms with van der Waals surface area (Å²) in [5, 5.41) is 4.03. The number of benzene rings is 1. The molecule has 0 aromatic heterocycles. The molecule has 1 aromatic rings. The minimum Gasteiger partial charge on any atom is -0.352 e. The maximum absolute atomic E-state index is 5.32. The van der Waals surface area contributed by atoms with Crippen LogP contribution < -0.4 is 5.32 Å². The van der Waals surface area contributed by atoms with Crippen LogP contribution in [0.3, 0.4) is 0 Å². The van der Waals surface area contributed by atoms with E-state index in [0.717, 1.165) is 28.2 Å². The van der Waals surface area contributed by atoms with Gasteiger partial charge in [-0.25, -0.2) is 0 Å². The molecule has 0 aliphatic rings. The number of hydrogen-bond donors (Lipinski definition) is 1. The largest absolute Gasteiger partial charge is 0.352 e. The molecule has 4 heteroatoms. The predicted octanol–water partition coefficient (Wildman–Crippen LogP) is 3.80. The van der Waals surface area contributed by atoms with Gasteiger partial charge in [-0.3, -0.25) is 0 Å². The van der Waals surface area contributed by atoms with Gasteiger partial charge in [0, 0.05) is 23.8 Å². The second-order valence-corrected chi connectivity index (χ2v) is 5.11. The van der Waals surface area contributed by atoms with Gasteiger partial charge in [0.1, 0.15) is 0 Å². The molecule has 2 nitrogen and oxygen atoms in total. The lowest BCUT2D eigenvalue weighted by atomic mass is 10.2. The number of thiocarbonyl (C=S) groups is 1. The summed E-state index contributed by atoms with van der Waals surface area (Å²) in [5.41, 5.74) is 2.25. The molecule has 0 heterocycles. The summed E-state index contributed by atoms with van der Waals surface area (Å²) >= 11 is 8.76. The first-order chi connectivity index (χ1) is 7.54. The van der Waals surface area contributed by atoms with Crippen LogP contribution in [0.15, 0.2) is 22.7 Å². The molecular weight excluding hydrogens is 284 g/mol. The molecule has 1 aromatic carbocycles. The highest BCUT2D eigenvalue weighted by molar-refractivity contribution is 9.10. The average Bonchev–Trinajstić information content (AvgIpc) is 2.22. The summed E-state index contributed by atoms with van der Waals surface area (Å²) in [5.74, 6) is 0. The van der Waals surface area contributed by atoms with Crippen molar-refractivity contribution in [1.29, 1.82) is 0 Å². The summed E-state index contributed by atoms with van der Waals surface area (Å²) < 4.78 is 1.09. The normalized spacial score (nSPS) is 10.0. The lowest BCUT2D eigenvalue weighted by molar-refractivity contribution is 0.508. The zero-order valence-corrected chi connectivity index (χ0v) is 12.3. The van der Waals surface area contributed by atoms with Crippen LogP contribution in [-0.2, 0) is 0 Å². The van der Waals surface area contributed by atoms with E-state index >= 15 is 0 Å². The lowest BCUT2D eigenvalue weighted by Gasteiger charge is -2.21. The summed E-state index contributed by atoms with van der Waals surface area (Å²) in [6.07, 6.45) is 1.09. The smallest absolute Gasteiger partial charge is 0.173 e. The standard InChI is InChI=1S/C12H17BrN2S/c1-4-7-15(3)12(16)14-11-6-5-10(13)8-9(11)2/h5-6,8H,4,7H2,1-3H3,(H,14,16). The van der Waals surface area contributed by atoms with Crippen molar-refractivity contribution in [3.8, 4) is 0 Å². The predicted molar refractivity (Wildman–Crippen MR) is 78.0 cm³/mol. The van der Waals surface area contributed by atoms with Gasteiger partial charge in [0.05, 0.1) is 0 Å². The summed E-state index contributed by atoms with van der Waals surface area (Å²) in [7, 11) is 2.01. The van der Waals surface area contributed by atoms with Crippen molar-refractivity contribution < 1.29 is 0 Å². The van der Waals surface area contributed by atoms with Crippen LogP contribution in [0.1, 0.15) is 18.9 Å². The van der Waals surface area contributed by atoms with Gasteiger partial charge in [0.15, 0.2) is 5.11 Å². The molecule has 0 bridgehead atoms. The third kappa shape index (κ3) is 3.76. The lowest BCUT2D eigenvalue weighted by Crippen LogP contribution is -2.31. The Balaban J connectivity index is 2.69. The molecule has 16 heavy (non-hydrogen) atoms. The van der Waals surface area contributed by atoms with Crippen LogP contribution in [0, 0.1) is 6.92 Å². The third-order valence-electron chi connectivity index (χ3n) is 2.34. The number of nitrogens with one attached hydrogen (secondary N) is 1. The highest BCUT2D eigenvalue weighted by Gasteiger charge is 2.05. The maximum Gasteiger partial charge on any atom is 0.173 e. The summed E-state index contributed by atoms with van der Waals surface area (Å²) in [4.78, 5) is 2.05. The summed E-state index contributed by atoms with van der Waals surface area (Å²) in [6.45, 7) is 5.18. The van der Waals surface area contributed by atoms with E-state index in [9.17, 15) is 0 Å². The second-order valence-electron chi connectivity index (χ2n) is 3.81. The first-order valence-electron chi connectivity index (χ1n) is 5.33. The Morgan fingerprint density at radius 3 is 2.75 bits per heavy atom. The Kier molecular flexibility index (Phi) is 5.22. The van der Waals surface area contributed by atoms with Crippen LogP contribution in [-0.4, -0.2) is 23.6 Å². The Hall–Kier alpha value is -0.610. The summed E-state index contributed by atoms with van der Waals surface area (Å²) in [6, 6.07) is 6.12. The first kappa shape index (κ1) is 13.5. The minimum absolute atomic E-state index is 0.771. The molecular formula is C12H17BrN2S. The second kappa shape index (κ2) is 6.21. The first-order valence-corrected chi connectivity index (χ1v) is 6.53. The van der Waals surface area contributed by atoms with E-state index in [0.29, 0.717) is 0 Å². The Morgan fingerprint density at radius 2 is 2.19 bits per heavy atom. The van der Waals surface area contributed by atoms with Crippen molar-refractivity contribution in [2.75, 3.05) is 18.9 Å². The van der Waals surface area contributed by atoms with Crippen LogP contribution >= 0.6 is 28.1 Å². The molecule has 0 atom stereocenters. The molecule has 0 amide bonds. The highest BCUT2D eigenvalue weighted by atomic mass is 79.9. The number of nitrogens with zero attached hydrogens (tertiary/aromatic N) is 1. The molecule has 0 aliphatic heterocycles. The SMILES string of the molecule is CCCN(C)C(=S)Nc1ccc(Br)cc1C. The van der Waals surface area contributed by atoms with Crippen molar-refractivity contribution in [2.24, 2.45) is 0 Å². The molecule has 88 valence electrons. The third-order valence-corrected chi connectivity index (χ3v) is 3.24. The van der Waals surface area contributed by atoms with Crippen molar-refractivity contribution in [2.45, 2.75) is 20.3 Å². The van der Waals surface area contributed by atoms with E-state index in [1.54, 1.807) is 0 Å². The molecule has 0 unspecified atom stereocenters. The maximum atomic E-state index is 5.32. The molecule has 0 saturated heterocycles. The van der Waals surface area contributed by atoms with Crippen molar-refractivity contribution >= 4 is 38.9 Å². The Bertz CT molecular complexity index is 379. The fraction of sp³-hybridized carbons (Fsp3) is 0.417. The molecule has 0 radical (unpaired) electrons. The van der Waals surface area contributed by atoms with Gasteiger partial charge in [-0.05, 0) is 49.3 Å². The molecule has 0 saturated carbocycles. The van der Waals surface area contributed by atoms with E-state index in [2.05, 4.69) is 46.1 Å². The molecule has 0 aliphatic carbocycles. The van der Waals surface area contributed by atoms with Crippen LogP contribution in [0.5, 0.6) is 0 Å². The van der Waals surface area contributed by atoms with E-state index in [4.69, 9.17) is 12.2 Å². The monoisotopic (exact) mass is 300 g/mol. The number of halogens is 1. The number of rotatable bonds is 3. The highest BCUT2D eigenvalue weighted by Crippen LogP contribution is 2.20. The van der Waals surface area contributed by atoms with E-state index < -0.39 is 0 Å². The molecule has 1 rings (SSSR count). The number of anilines is 1. The van der Waals surface area contributed by atoms with Crippen molar-refractivity contribution in [3.63, 3.8) is 0 Å². The van der Waals surface area contributed by atoms with Gasteiger partial charge < -0.3 is 10.2 Å². The van der Waals surface area contributed by atoms with Gasteiger partial charge in [-0.1, -0.05) is 22.9 Å².